The van der Waals surface area contributed by atoms with E-state index in [1.165, 1.54) is 16.9 Å². The van der Waals surface area contributed by atoms with Gasteiger partial charge >= 0.3 is 0 Å². The molecule has 8 heteroatoms. The van der Waals surface area contributed by atoms with E-state index in [1.54, 1.807) is 17.8 Å². The number of carbonyl (C=O) groups excluding carboxylic acids is 1. The van der Waals surface area contributed by atoms with E-state index in [1.807, 2.05) is 32.0 Å². The highest BCUT2D eigenvalue weighted by molar-refractivity contribution is 8.00. The van der Waals surface area contributed by atoms with Crippen molar-refractivity contribution in [3.05, 3.63) is 46.5 Å². The molecule has 3 rings (SSSR count). The summed E-state index contributed by atoms with van der Waals surface area (Å²) >= 11 is 14.4. The number of nitrogens with zero attached hydrogens (tertiary/aromatic N) is 2. The van der Waals surface area contributed by atoms with E-state index in [9.17, 15) is 4.79 Å². The second-order valence-corrected chi connectivity index (χ2v) is 9.63. The maximum atomic E-state index is 12.5. The van der Waals surface area contributed by atoms with Gasteiger partial charge in [-0.05, 0) is 23.0 Å². The topological polar surface area (TPSA) is 54.9 Å². The first kappa shape index (κ1) is 18.7. The van der Waals surface area contributed by atoms with Crippen molar-refractivity contribution in [3.8, 4) is 0 Å². The summed E-state index contributed by atoms with van der Waals surface area (Å²) < 4.78 is 1.03. The van der Waals surface area contributed by atoms with Gasteiger partial charge < -0.3 is 5.32 Å². The van der Waals surface area contributed by atoms with Crippen LogP contribution in [0.2, 0.25) is 0 Å². The van der Waals surface area contributed by atoms with Crippen molar-refractivity contribution < 1.29 is 4.79 Å². The molecule has 4 nitrogen and oxygen atoms in total. The van der Waals surface area contributed by atoms with Gasteiger partial charge in [-0.1, -0.05) is 90.5 Å². The summed E-state index contributed by atoms with van der Waals surface area (Å²) in [6, 6.07) is 10.2. The van der Waals surface area contributed by atoms with Gasteiger partial charge in [0.2, 0.25) is 11.0 Å². The number of rotatable bonds is 6. The van der Waals surface area contributed by atoms with Gasteiger partial charge in [0.15, 0.2) is 4.34 Å². The Balaban J connectivity index is 1.56. The third-order valence-corrected chi connectivity index (χ3v) is 6.64. The first-order chi connectivity index (χ1) is 11.9. The summed E-state index contributed by atoms with van der Waals surface area (Å²) in [5.41, 5.74) is 1.06. The maximum absolute atomic E-state index is 12.5. The minimum Gasteiger partial charge on any atom is -0.300 e. The van der Waals surface area contributed by atoms with Gasteiger partial charge in [-0.3, -0.25) is 4.79 Å². The molecule has 132 valence electrons. The second-order valence-electron chi connectivity index (χ2n) is 6.42. The normalized spacial score (nSPS) is 20.8. The van der Waals surface area contributed by atoms with Crippen LogP contribution in [0.5, 0.6) is 0 Å². The molecular formula is C17H17Cl2N3OS2. The summed E-state index contributed by atoms with van der Waals surface area (Å²) in [6.45, 7) is 4.05. The van der Waals surface area contributed by atoms with Crippen LogP contribution in [-0.2, 0) is 10.5 Å². The van der Waals surface area contributed by atoms with E-state index in [4.69, 9.17) is 23.2 Å². The lowest BCUT2D eigenvalue weighted by atomic mass is 10.1. The highest BCUT2D eigenvalue weighted by Crippen LogP contribution is 2.60. The van der Waals surface area contributed by atoms with Crippen molar-refractivity contribution in [2.75, 3.05) is 5.32 Å². The molecule has 1 aromatic heterocycles. The van der Waals surface area contributed by atoms with E-state index >= 15 is 0 Å². The Hall–Kier alpha value is -1.08. The molecule has 1 fully saturated rings. The highest BCUT2D eigenvalue weighted by Gasteiger charge is 2.60. The third-order valence-electron chi connectivity index (χ3n) is 4.34. The van der Waals surface area contributed by atoms with Crippen LogP contribution >= 0.6 is 46.3 Å². The van der Waals surface area contributed by atoms with E-state index in [2.05, 4.69) is 27.6 Å². The lowest BCUT2D eigenvalue weighted by molar-refractivity contribution is -0.118. The average Bonchev–Trinajstić information content (AvgIpc) is 2.90. The molecule has 2 aromatic rings. The Kier molecular flexibility index (Phi) is 5.73. The van der Waals surface area contributed by atoms with Crippen LogP contribution in [-0.4, -0.2) is 16.1 Å². The molecule has 1 aromatic carbocycles. The van der Waals surface area contributed by atoms with Crippen LogP contribution in [0.1, 0.15) is 19.4 Å². The zero-order valence-corrected chi connectivity index (χ0v) is 16.8. The van der Waals surface area contributed by atoms with Gasteiger partial charge in [0.25, 0.3) is 0 Å². The molecule has 2 atom stereocenters. The fraction of sp³-hybridized carbons (Fsp3) is 0.353. The lowest BCUT2D eigenvalue weighted by Crippen LogP contribution is -2.16. The smallest absolute Gasteiger partial charge is 0.230 e. The summed E-state index contributed by atoms with van der Waals surface area (Å²) in [5, 5.41) is 11.6. The first-order valence-corrected chi connectivity index (χ1v) is 10.3. The second kappa shape index (κ2) is 7.66. The molecule has 0 spiro atoms. The van der Waals surface area contributed by atoms with Crippen molar-refractivity contribution >= 4 is 57.3 Å². The number of hydrogen-bond donors (Lipinski definition) is 1. The summed E-state index contributed by atoms with van der Waals surface area (Å²) in [7, 11) is 0. The van der Waals surface area contributed by atoms with Crippen molar-refractivity contribution in [2.45, 2.75) is 23.9 Å². The summed E-state index contributed by atoms with van der Waals surface area (Å²) in [5.74, 6) is 0.624. The van der Waals surface area contributed by atoms with Gasteiger partial charge in [0, 0.05) is 5.75 Å². The molecule has 1 N–H and O–H groups in total. The number of benzene rings is 1. The first-order valence-electron chi connectivity index (χ1n) is 7.72. The van der Waals surface area contributed by atoms with Crippen molar-refractivity contribution in [2.24, 2.45) is 17.3 Å². The minimum absolute atomic E-state index is 0.0392. The molecule has 1 heterocycles. The highest BCUT2D eigenvalue weighted by atomic mass is 35.5. The Morgan fingerprint density at radius 1 is 1.32 bits per heavy atom. The van der Waals surface area contributed by atoms with Gasteiger partial charge in [-0.25, -0.2) is 0 Å². The van der Waals surface area contributed by atoms with Crippen LogP contribution in [0, 0.1) is 17.3 Å². The quantitative estimate of drug-likeness (QED) is 0.511. The van der Waals surface area contributed by atoms with Crippen LogP contribution in [0.3, 0.4) is 0 Å². The van der Waals surface area contributed by atoms with E-state index < -0.39 is 0 Å². The van der Waals surface area contributed by atoms with Crippen LogP contribution < -0.4 is 5.32 Å². The van der Waals surface area contributed by atoms with Gasteiger partial charge in [-0.2, -0.15) is 0 Å². The molecule has 0 bridgehead atoms. The number of carbonyl (C=O) groups is 1. The van der Waals surface area contributed by atoms with Crippen LogP contribution in [0.15, 0.2) is 45.2 Å². The average molecular weight is 414 g/mol. The number of thioether (sulfide) groups is 1. The monoisotopic (exact) mass is 413 g/mol. The number of allylic oxidation sites excluding steroid dienone is 1. The third kappa shape index (κ3) is 4.56. The number of halogens is 2. The SMILES string of the molecule is CC1(C)[C@H](C=C(Cl)Cl)[C@@H]1C(=O)Nc1nnc(SCc2ccccc2)s1. The van der Waals surface area contributed by atoms with Gasteiger partial charge in [-0.15, -0.1) is 10.2 Å². The summed E-state index contributed by atoms with van der Waals surface area (Å²) in [4.78, 5) is 12.5. The van der Waals surface area contributed by atoms with Gasteiger partial charge in [0.05, 0.1) is 5.92 Å². The van der Waals surface area contributed by atoms with E-state index in [0.29, 0.717) is 5.13 Å². The van der Waals surface area contributed by atoms with Crippen LogP contribution in [0.25, 0.3) is 0 Å². The Morgan fingerprint density at radius 3 is 2.72 bits per heavy atom. The molecule has 0 saturated heterocycles. The zero-order chi connectivity index (χ0) is 18.0. The number of anilines is 1. The molecule has 25 heavy (non-hydrogen) atoms. The molecule has 1 saturated carbocycles. The van der Waals surface area contributed by atoms with E-state index in [0.717, 1.165) is 10.1 Å². The van der Waals surface area contributed by atoms with Crippen molar-refractivity contribution in [1.29, 1.82) is 0 Å². The summed E-state index contributed by atoms with van der Waals surface area (Å²) in [6.07, 6.45) is 1.73. The van der Waals surface area contributed by atoms with Gasteiger partial charge in [0.1, 0.15) is 4.49 Å². The molecule has 1 aliphatic carbocycles. The molecule has 1 amide bonds. The minimum atomic E-state index is -0.163. The Labute approximate surface area is 165 Å². The molecule has 0 aliphatic heterocycles. The number of amides is 1. The molecular weight excluding hydrogens is 397 g/mol. The zero-order valence-electron chi connectivity index (χ0n) is 13.7. The van der Waals surface area contributed by atoms with Crippen molar-refractivity contribution in [3.63, 3.8) is 0 Å². The fourth-order valence-electron chi connectivity index (χ4n) is 2.85. The van der Waals surface area contributed by atoms with Crippen LogP contribution in [0.4, 0.5) is 5.13 Å². The maximum Gasteiger partial charge on any atom is 0.230 e. The number of nitrogens with one attached hydrogen (secondary N) is 1. The predicted octanol–water partition coefficient (Wildman–Crippen LogP) is 5.36. The predicted molar refractivity (Wildman–Crippen MR) is 105 cm³/mol. The standard InChI is InChI=1S/C17H17Cl2N3OS2/c1-17(2)11(8-12(18)19)13(17)14(23)20-15-21-22-16(25-15)24-9-10-6-4-3-5-7-10/h3-8,11,13H,9H2,1-2H3,(H,20,21,23)/t11-,13-/m1/s1. The largest absolute Gasteiger partial charge is 0.300 e. The molecule has 0 radical (unpaired) electrons. The Bertz CT molecular complexity index is 788. The molecule has 0 unspecified atom stereocenters. The fourth-order valence-corrected chi connectivity index (χ4v) is 4.83. The number of hydrogen-bond acceptors (Lipinski definition) is 5. The lowest BCUT2D eigenvalue weighted by Gasteiger charge is -2.01. The van der Waals surface area contributed by atoms with Crippen molar-refractivity contribution in [1.82, 2.24) is 10.2 Å². The molecule has 1 aliphatic rings. The number of aromatic nitrogens is 2. The Morgan fingerprint density at radius 2 is 2.04 bits per heavy atom. The van der Waals surface area contributed by atoms with E-state index in [-0.39, 0.29) is 27.6 Å².